The summed E-state index contributed by atoms with van der Waals surface area (Å²) in [6.07, 6.45) is -0.765. The van der Waals surface area contributed by atoms with Gasteiger partial charge in [0.1, 0.15) is 18.2 Å². The zero-order valence-corrected chi connectivity index (χ0v) is 9.74. The van der Waals surface area contributed by atoms with Gasteiger partial charge in [0.2, 0.25) is 0 Å². The van der Waals surface area contributed by atoms with E-state index in [1.54, 1.807) is 14.0 Å². The Kier molecular flexibility index (Phi) is 4.71. The number of hydrogen-bond donors (Lipinski definition) is 1. The summed E-state index contributed by atoms with van der Waals surface area (Å²) < 4.78 is 23.5. The molecule has 1 aromatic carbocycles. The Bertz CT molecular complexity index is 339. The molecule has 0 spiro atoms. The van der Waals surface area contributed by atoms with E-state index in [1.165, 1.54) is 18.2 Å². The topological polar surface area (TPSA) is 38.7 Å². The lowest BCUT2D eigenvalue weighted by Crippen LogP contribution is -2.16. The third kappa shape index (κ3) is 3.47. The molecule has 4 heteroatoms. The van der Waals surface area contributed by atoms with Crippen molar-refractivity contribution in [2.24, 2.45) is 0 Å². The Labute approximate surface area is 94.8 Å². The minimum atomic E-state index is -0.687. The minimum Gasteiger partial charge on any atom is -0.490 e. The summed E-state index contributed by atoms with van der Waals surface area (Å²) in [4.78, 5) is 0. The van der Waals surface area contributed by atoms with Gasteiger partial charge in [-0.2, -0.15) is 0 Å². The maximum Gasteiger partial charge on any atom is 0.128 e. The van der Waals surface area contributed by atoms with E-state index in [4.69, 9.17) is 9.47 Å². The Hall–Kier alpha value is -1.13. The maximum absolute atomic E-state index is 13.0. The first-order chi connectivity index (χ1) is 7.54. The van der Waals surface area contributed by atoms with Gasteiger partial charge in [0.05, 0.1) is 12.2 Å². The number of halogens is 1. The smallest absolute Gasteiger partial charge is 0.128 e. The van der Waals surface area contributed by atoms with Crippen LogP contribution in [0.25, 0.3) is 0 Å². The molecular formula is C12H17FO3. The van der Waals surface area contributed by atoms with E-state index in [2.05, 4.69) is 0 Å². The monoisotopic (exact) mass is 228 g/mol. The van der Waals surface area contributed by atoms with E-state index in [9.17, 15) is 9.50 Å². The second-order valence-corrected chi connectivity index (χ2v) is 3.72. The molecule has 0 aromatic heterocycles. The van der Waals surface area contributed by atoms with Crippen LogP contribution < -0.4 is 4.74 Å². The molecule has 0 saturated carbocycles. The first kappa shape index (κ1) is 12.9. The average molecular weight is 228 g/mol. The van der Waals surface area contributed by atoms with Crippen molar-refractivity contribution in [3.63, 3.8) is 0 Å². The fraction of sp³-hybridized carbons (Fsp3) is 0.500. The number of aliphatic hydroxyl groups excluding tert-OH is 1. The molecule has 0 amide bonds. The van der Waals surface area contributed by atoms with Crippen molar-refractivity contribution < 1.29 is 19.0 Å². The fourth-order valence-electron chi connectivity index (χ4n) is 1.25. The lowest BCUT2D eigenvalue weighted by molar-refractivity contribution is 0.0698. The average Bonchev–Trinajstić information content (AvgIpc) is 2.25. The van der Waals surface area contributed by atoms with Crippen LogP contribution in [0.2, 0.25) is 0 Å². The predicted octanol–water partition coefficient (Wildman–Crippen LogP) is 2.29. The number of aliphatic hydroxyl groups is 1. The van der Waals surface area contributed by atoms with Crippen LogP contribution in [-0.4, -0.2) is 24.9 Å². The van der Waals surface area contributed by atoms with Gasteiger partial charge in [0.25, 0.3) is 0 Å². The third-order valence-electron chi connectivity index (χ3n) is 2.30. The van der Waals surface area contributed by atoms with Crippen LogP contribution in [-0.2, 0) is 4.74 Å². The van der Waals surface area contributed by atoms with Gasteiger partial charge in [-0.25, -0.2) is 4.39 Å². The number of methoxy groups -OCH3 is 1. The highest BCUT2D eigenvalue weighted by atomic mass is 19.1. The van der Waals surface area contributed by atoms with Crippen molar-refractivity contribution in [1.29, 1.82) is 0 Å². The van der Waals surface area contributed by atoms with E-state index in [0.717, 1.165) is 0 Å². The van der Waals surface area contributed by atoms with Gasteiger partial charge in [0.15, 0.2) is 0 Å². The van der Waals surface area contributed by atoms with Gasteiger partial charge in [-0.15, -0.1) is 0 Å². The Morgan fingerprint density at radius 1 is 1.38 bits per heavy atom. The van der Waals surface area contributed by atoms with E-state index in [-0.39, 0.29) is 11.9 Å². The predicted molar refractivity (Wildman–Crippen MR) is 59.0 cm³/mol. The Morgan fingerprint density at radius 3 is 2.62 bits per heavy atom. The fourth-order valence-corrected chi connectivity index (χ4v) is 1.25. The standard InChI is InChI=1S/C12H17FO3/c1-8(15-3)7-16-12-6-10(13)4-5-11(12)9(2)14/h4-6,8-9,14H,7H2,1-3H3/t8?,9-/m0/s1. The Morgan fingerprint density at radius 2 is 2.06 bits per heavy atom. The molecule has 90 valence electrons. The molecule has 1 unspecified atom stereocenters. The second-order valence-electron chi connectivity index (χ2n) is 3.72. The lowest BCUT2D eigenvalue weighted by atomic mass is 10.1. The van der Waals surface area contributed by atoms with Gasteiger partial charge in [-0.05, 0) is 26.0 Å². The highest BCUT2D eigenvalue weighted by Gasteiger charge is 2.11. The van der Waals surface area contributed by atoms with E-state index >= 15 is 0 Å². The molecule has 0 aliphatic heterocycles. The van der Waals surface area contributed by atoms with Crippen LogP contribution in [0.3, 0.4) is 0 Å². The lowest BCUT2D eigenvalue weighted by Gasteiger charge is -2.16. The summed E-state index contributed by atoms with van der Waals surface area (Å²) in [6, 6.07) is 4.09. The zero-order chi connectivity index (χ0) is 12.1. The van der Waals surface area contributed by atoms with Crippen LogP contribution in [0.5, 0.6) is 5.75 Å². The largest absolute Gasteiger partial charge is 0.490 e. The zero-order valence-electron chi connectivity index (χ0n) is 9.74. The molecule has 0 heterocycles. The van der Waals surface area contributed by atoms with Crippen molar-refractivity contribution in [3.05, 3.63) is 29.6 Å². The minimum absolute atomic E-state index is 0.0786. The number of benzene rings is 1. The molecule has 0 fully saturated rings. The van der Waals surface area contributed by atoms with Crippen LogP contribution >= 0.6 is 0 Å². The molecule has 0 bridgehead atoms. The summed E-state index contributed by atoms with van der Waals surface area (Å²) in [5.74, 6) is -0.0247. The first-order valence-corrected chi connectivity index (χ1v) is 5.17. The molecule has 1 N–H and O–H groups in total. The molecule has 0 saturated heterocycles. The van der Waals surface area contributed by atoms with Crippen LogP contribution in [0, 0.1) is 5.82 Å². The molecule has 0 aliphatic rings. The summed E-state index contributed by atoms with van der Waals surface area (Å²) >= 11 is 0. The molecule has 2 atom stereocenters. The molecule has 16 heavy (non-hydrogen) atoms. The number of ether oxygens (including phenoxy) is 2. The quantitative estimate of drug-likeness (QED) is 0.840. The summed E-state index contributed by atoms with van der Waals surface area (Å²) in [5.41, 5.74) is 0.574. The van der Waals surface area contributed by atoms with Gasteiger partial charge < -0.3 is 14.6 Å². The van der Waals surface area contributed by atoms with Crippen molar-refractivity contribution >= 4 is 0 Å². The number of hydrogen-bond acceptors (Lipinski definition) is 3. The SMILES string of the molecule is COC(C)COc1cc(F)ccc1[C@H](C)O. The van der Waals surface area contributed by atoms with Crippen LogP contribution in [0.1, 0.15) is 25.5 Å². The summed E-state index contributed by atoms with van der Waals surface area (Å²) in [7, 11) is 1.58. The maximum atomic E-state index is 13.0. The number of rotatable bonds is 5. The van der Waals surface area contributed by atoms with Crippen LogP contribution in [0.4, 0.5) is 4.39 Å². The summed E-state index contributed by atoms with van der Waals surface area (Å²) in [6.45, 7) is 3.78. The van der Waals surface area contributed by atoms with E-state index in [0.29, 0.717) is 17.9 Å². The molecule has 0 radical (unpaired) electrons. The van der Waals surface area contributed by atoms with Crippen molar-refractivity contribution in [1.82, 2.24) is 0 Å². The normalized spacial score (nSPS) is 14.6. The van der Waals surface area contributed by atoms with Gasteiger partial charge >= 0.3 is 0 Å². The summed E-state index contributed by atoms with van der Waals surface area (Å²) in [5, 5.41) is 9.48. The van der Waals surface area contributed by atoms with Gasteiger partial charge in [0, 0.05) is 18.7 Å². The van der Waals surface area contributed by atoms with Crippen molar-refractivity contribution in [2.45, 2.75) is 26.1 Å². The first-order valence-electron chi connectivity index (χ1n) is 5.17. The molecule has 1 aromatic rings. The van der Waals surface area contributed by atoms with E-state index in [1.807, 2.05) is 6.92 Å². The Balaban J connectivity index is 2.80. The highest BCUT2D eigenvalue weighted by Crippen LogP contribution is 2.26. The van der Waals surface area contributed by atoms with Crippen LogP contribution in [0.15, 0.2) is 18.2 Å². The third-order valence-corrected chi connectivity index (χ3v) is 2.30. The molecular weight excluding hydrogens is 211 g/mol. The van der Waals surface area contributed by atoms with Gasteiger partial charge in [-0.1, -0.05) is 0 Å². The molecule has 1 rings (SSSR count). The molecule has 3 nitrogen and oxygen atoms in total. The van der Waals surface area contributed by atoms with E-state index < -0.39 is 6.10 Å². The second kappa shape index (κ2) is 5.82. The van der Waals surface area contributed by atoms with Gasteiger partial charge in [-0.3, -0.25) is 0 Å². The highest BCUT2D eigenvalue weighted by molar-refractivity contribution is 5.35. The molecule has 0 aliphatic carbocycles. The van der Waals surface area contributed by atoms with Crippen molar-refractivity contribution in [2.75, 3.05) is 13.7 Å². The van der Waals surface area contributed by atoms with Crippen molar-refractivity contribution in [3.8, 4) is 5.75 Å².